The van der Waals surface area contributed by atoms with E-state index in [1.54, 1.807) is 0 Å². The number of hydrogen-bond donors (Lipinski definition) is 3. The molecule has 138 valence electrons. The van der Waals surface area contributed by atoms with Gasteiger partial charge in [-0.2, -0.15) is 0 Å². The van der Waals surface area contributed by atoms with Crippen LogP contribution >= 0.6 is 24.0 Å². The molecule has 0 aliphatic carbocycles. The molecule has 24 heavy (non-hydrogen) atoms. The molecule has 1 aromatic rings. The number of hydrogen-bond acceptors (Lipinski definition) is 3. The number of aryl methyl sites for hydroxylation is 1. The van der Waals surface area contributed by atoms with E-state index < -0.39 is 0 Å². The second kappa shape index (κ2) is 13.4. The van der Waals surface area contributed by atoms with E-state index in [4.69, 9.17) is 0 Å². The minimum Gasteiger partial charge on any atom is -0.396 e. The fourth-order valence-electron chi connectivity index (χ4n) is 2.58. The second-order valence-corrected chi connectivity index (χ2v) is 6.35. The lowest BCUT2D eigenvalue weighted by Gasteiger charge is -2.20. The molecule has 0 aromatic carbocycles. The van der Waals surface area contributed by atoms with Crippen LogP contribution in [0.1, 0.15) is 45.0 Å². The predicted molar refractivity (Wildman–Crippen MR) is 112 cm³/mol. The molecule has 0 amide bonds. The van der Waals surface area contributed by atoms with Crippen LogP contribution in [0, 0.1) is 18.8 Å². The van der Waals surface area contributed by atoms with Crippen LogP contribution in [0.4, 0.5) is 0 Å². The molecule has 1 rings (SSSR count). The number of pyridine rings is 1. The Morgan fingerprint density at radius 2 is 2.04 bits per heavy atom. The summed E-state index contributed by atoms with van der Waals surface area (Å²) in [5, 5.41) is 15.9. The third kappa shape index (κ3) is 10.1. The van der Waals surface area contributed by atoms with E-state index in [-0.39, 0.29) is 30.6 Å². The van der Waals surface area contributed by atoms with Gasteiger partial charge in [0.25, 0.3) is 0 Å². The molecule has 5 nitrogen and oxygen atoms in total. The van der Waals surface area contributed by atoms with Crippen molar-refractivity contribution in [3.63, 3.8) is 0 Å². The average Bonchev–Trinajstić information content (AvgIpc) is 2.49. The minimum atomic E-state index is 0. The molecule has 0 aliphatic heterocycles. The van der Waals surface area contributed by atoms with Gasteiger partial charge >= 0.3 is 0 Å². The zero-order chi connectivity index (χ0) is 17.1. The molecule has 1 atom stereocenters. The van der Waals surface area contributed by atoms with Crippen molar-refractivity contribution in [2.75, 3.05) is 19.7 Å². The lowest BCUT2D eigenvalue weighted by atomic mass is 9.94. The topological polar surface area (TPSA) is 69.5 Å². The SMILES string of the molecule is CCNC(=NCc1cccc(C)n1)NCC(CCO)CC(C)C.I. The van der Waals surface area contributed by atoms with Crippen LogP contribution in [0.25, 0.3) is 0 Å². The van der Waals surface area contributed by atoms with Crippen molar-refractivity contribution in [2.45, 2.75) is 47.1 Å². The Balaban J connectivity index is 0.00000529. The zero-order valence-electron chi connectivity index (χ0n) is 15.4. The number of aliphatic imine (C=N–C) groups is 1. The molecule has 1 unspecified atom stereocenters. The molecule has 0 bridgehead atoms. The zero-order valence-corrected chi connectivity index (χ0v) is 17.7. The fourth-order valence-corrected chi connectivity index (χ4v) is 2.58. The molecule has 3 N–H and O–H groups in total. The Hall–Kier alpha value is -0.890. The largest absolute Gasteiger partial charge is 0.396 e. The lowest BCUT2D eigenvalue weighted by Crippen LogP contribution is -2.40. The summed E-state index contributed by atoms with van der Waals surface area (Å²) in [5.41, 5.74) is 1.98. The molecular weight excluding hydrogens is 415 g/mol. The third-order valence-corrected chi connectivity index (χ3v) is 3.59. The van der Waals surface area contributed by atoms with E-state index in [9.17, 15) is 5.11 Å². The van der Waals surface area contributed by atoms with Gasteiger partial charge in [0.15, 0.2) is 5.96 Å². The number of nitrogens with zero attached hydrogens (tertiary/aromatic N) is 2. The van der Waals surface area contributed by atoms with Crippen molar-refractivity contribution >= 4 is 29.9 Å². The standard InChI is InChI=1S/C18H32N4O.HI/c1-5-19-18(20-12-16(9-10-23)11-14(2)3)21-13-17-8-6-7-15(4)22-17;/h6-8,14,16,23H,5,9-13H2,1-4H3,(H2,19,20,21);1H. The summed E-state index contributed by atoms with van der Waals surface area (Å²) < 4.78 is 0. The first-order chi connectivity index (χ1) is 11.0. The van der Waals surface area contributed by atoms with Crippen LogP contribution in [-0.4, -0.2) is 35.7 Å². The number of rotatable bonds is 9. The van der Waals surface area contributed by atoms with Crippen LogP contribution < -0.4 is 10.6 Å². The van der Waals surface area contributed by atoms with Gasteiger partial charge < -0.3 is 15.7 Å². The molecule has 0 spiro atoms. The number of halogens is 1. The first-order valence-electron chi connectivity index (χ1n) is 8.60. The van der Waals surface area contributed by atoms with Gasteiger partial charge in [0.1, 0.15) is 0 Å². The summed E-state index contributed by atoms with van der Waals surface area (Å²) in [5.74, 6) is 1.90. The van der Waals surface area contributed by atoms with Crippen LogP contribution in [0.2, 0.25) is 0 Å². The highest BCUT2D eigenvalue weighted by Gasteiger charge is 2.11. The van der Waals surface area contributed by atoms with Gasteiger partial charge in [-0.3, -0.25) is 4.98 Å². The molecule has 0 fully saturated rings. The van der Waals surface area contributed by atoms with Gasteiger partial charge in [-0.05, 0) is 50.7 Å². The van der Waals surface area contributed by atoms with E-state index in [0.29, 0.717) is 18.4 Å². The van der Waals surface area contributed by atoms with E-state index in [0.717, 1.165) is 43.3 Å². The number of aliphatic hydroxyl groups excluding tert-OH is 1. The molecule has 0 saturated heterocycles. The first-order valence-corrected chi connectivity index (χ1v) is 8.60. The monoisotopic (exact) mass is 448 g/mol. The average molecular weight is 448 g/mol. The van der Waals surface area contributed by atoms with Crippen LogP contribution in [0.15, 0.2) is 23.2 Å². The van der Waals surface area contributed by atoms with Crippen molar-refractivity contribution in [3.8, 4) is 0 Å². The lowest BCUT2D eigenvalue weighted by molar-refractivity contribution is 0.243. The van der Waals surface area contributed by atoms with Crippen LogP contribution in [0.5, 0.6) is 0 Å². The number of aliphatic hydroxyl groups is 1. The third-order valence-electron chi connectivity index (χ3n) is 3.59. The predicted octanol–water partition coefficient (Wildman–Crippen LogP) is 3.11. The fraction of sp³-hybridized carbons (Fsp3) is 0.667. The van der Waals surface area contributed by atoms with E-state index in [2.05, 4.69) is 41.4 Å². The highest BCUT2D eigenvalue weighted by Crippen LogP contribution is 2.14. The van der Waals surface area contributed by atoms with Crippen LogP contribution in [-0.2, 0) is 6.54 Å². The van der Waals surface area contributed by atoms with Gasteiger partial charge in [0.05, 0.1) is 12.2 Å². The minimum absolute atomic E-state index is 0. The van der Waals surface area contributed by atoms with Crippen molar-refractivity contribution in [2.24, 2.45) is 16.8 Å². The molecular formula is C18H33IN4O. The van der Waals surface area contributed by atoms with Crippen molar-refractivity contribution in [1.82, 2.24) is 15.6 Å². The quantitative estimate of drug-likeness (QED) is 0.309. The Kier molecular flexibility index (Phi) is 12.9. The van der Waals surface area contributed by atoms with E-state index in [1.165, 1.54) is 0 Å². The second-order valence-electron chi connectivity index (χ2n) is 6.35. The van der Waals surface area contributed by atoms with Gasteiger partial charge in [-0.25, -0.2) is 4.99 Å². The van der Waals surface area contributed by atoms with Crippen LogP contribution in [0.3, 0.4) is 0 Å². The summed E-state index contributed by atoms with van der Waals surface area (Å²) in [7, 11) is 0. The highest BCUT2D eigenvalue weighted by atomic mass is 127. The number of nitrogens with one attached hydrogen (secondary N) is 2. The number of aromatic nitrogens is 1. The van der Waals surface area contributed by atoms with Gasteiger partial charge in [0, 0.05) is 25.4 Å². The summed E-state index contributed by atoms with van der Waals surface area (Å²) in [4.78, 5) is 9.08. The van der Waals surface area contributed by atoms with Gasteiger partial charge in [-0.15, -0.1) is 24.0 Å². The summed E-state index contributed by atoms with van der Waals surface area (Å²) >= 11 is 0. The highest BCUT2D eigenvalue weighted by molar-refractivity contribution is 14.0. The van der Waals surface area contributed by atoms with E-state index in [1.807, 2.05) is 25.1 Å². The summed E-state index contributed by atoms with van der Waals surface area (Å²) in [6.45, 7) is 10.9. The molecule has 0 aliphatic rings. The Bertz CT molecular complexity index is 480. The molecule has 0 saturated carbocycles. The maximum absolute atomic E-state index is 9.21. The summed E-state index contributed by atoms with van der Waals surface area (Å²) in [6.07, 6.45) is 1.93. The summed E-state index contributed by atoms with van der Waals surface area (Å²) in [6, 6.07) is 5.99. The van der Waals surface area contributed by atoms with E-state index >= 15 is 0 Å². The first kappa shape index (κ1) is 23.1. The van der Waals surface area contributed by atoms with Crippen molar-refractivity contribution < 1.29 is 5.11 Å². The van der Waals surface area contributed by atoms with Crippen molar-refractivity contribution in [3.05, 3.63) is 29.6 Å². The maximum atomic E-state index is 9.21. The van der Waals surface area contributed by atoms with Gasteiger partial charge in [0.2, 0.25) is 0 Å². The van der Waals surface area contributed by atoms with Crippen molar-refractivity contribution in [1.29, 1.82) is 0 Å². The molecule has 6 heteroatoms. The molecule has 1 heterocycles. The maximum Gasteiger partial charge on any atom is 0.191 e. The Morgan fingerprint density at radius 3 is 2.62 bits per heavy atom. The Labute approximate surface area is 163 Å². The normalized spacial score (nSPS) is 12.7. The number of guanidine groups is 1. The molecule has 1 aromatic heterocycles. The Morgan fingerprint density at radius 1 is 1.29 bits per heavy atom. The smallest absolute Gasteiger partial charge is 0.191 e. The van der Waals surface area contributed by atoms with Gasteiger partial charge in [-0.1, -0.05) is 19.9 Å². The molecule has 0 radical (unpaired) electrons.